The zero-order valence-electron chi connectivity index (χ0n) is 11.1. The van der Waals surface area contributed by atoms with Gasteiger partial charge in [0, 0.05) is 32.5 Å². The maximum Gasteiger partial charge on any atom is 0.242 e. The Morgan fingerprint density at radius 1 is 1.42 bits per heavy atom. The van der Waals surface area contributed by atoms with Crippen LogP contribution in [-0.4, -0.2) is 33.2 Å². The van der Waals surface area contributed by atoms with Gasteiger partial charge in [-0.2, -0.15) is 0 Å². The Morgan fingerprint density at radius 2 is 2.21 bits per heavy atom. The fourth-order valence-corrected chi connectivity index (χ4v) is 2.80. The molecule has 0 spiro atoms. The SMILES string of the molecule is CCCOCCCNS(=O)(=O)c1cccnc1CN. The van der Waals surface area contributed by atoms with Gasteiger partial charge in [-0.3, -0.25) is 4.98 Å². The second-order valence-electron chi connectivity index (χ2n) is 4.02. The lowest BCUT2D eigenvalue weighted by atomic mass is 10.3. The normalized spacial score (nSPS) is 11.7. The predicted octanol–water partition coefficient (Wildman–Crippen LogP) is 0.635. The van der Waals surface area contributed by atoms with Gasteiger partial charge in [0.1, 0.15) is 4.90 Å². The van der Waals surface area contributed by atoms with Crippen molar-refractivity contribution in [2.75, 3.05) is 19.8 Å². The van der Waals surface area contributed by atoms with E-state index in [1.54, 1.807) is 6.07 Å². The van der Waals surface area contributed by atoms with Crippen LogP contribution in [0.15, 0.2) is 23.2 Å². The molecule has 1 rings (SSSR count). The zero-order chi connectivity index (χ0) is 14.1. The second kappa shape index (κ2) is 8.21. The van der Waals surface area contributed by atoms with Gasteiger partial charge >= 0.3 is 0 Å². The summed E-state index contributed by atoms with van der Waals surface area (Å²) in [6.45, 7) is 3.71. The third-order valence-corrected chi connectivity index (χ3v) is 3.97. The lowest BCUT2D eigenvalue weighted by molar-refractivity contribution is 0.133. The minimum Gasteiger partial charge on any atom is -0.381 e. The average molecular weight is 287 g/mol. The highest BCUT2D eigenvalue weighted by Crippen LogP contribution is 2.11. The molecule has 3 N–H and O–H groups in total. The van der Waals surface area contributed by atoms with Crippen molar-refractivity contribution in [1.29, 1.82) is 0 Å². The maximum absolute atomic E-state index is 12.1. The number of ether oxygens (including phenoxy) is 1. The highest BCUT2D eigenvalue weighted by atomic mass is 32.2. The summed E-state index contributed by atoms with van der Waals surface area (Å²) >= 11 is 0. The van der Waals surface area contributed by atoms with Crippen molar-refractivity contribution in [3.8, 4) is 0 Å². The van der Waals surface area contributed by atoms with Crippen LogP contribution in [0.5, 0.6) is 0 Å². The predicted molar refractivity (Wildman–Crippen MR) is 73.0 cm³/mol. The summed E-state index contributed by atoms with van der Waals surface area (Å²) in [4.78, 5) is 4.11. The molecule has 0 bridgehead atoms. The number of hydrogen-bond donors (Lipinski definition) is 2. The van der Waals surface area contributed by atoms with E-state index in [0.29, 0.717) is 31.9 Å². The summed E-state index contributed by atoms with van der Waals surface area (Å²) in [6.07, 6.45) is 3.12. The fourth-order valence-electron chi connectivity index (χ4n) is 1.53. The van der Waals surface area contributed by atoms with Gasteiger partial charge in [-0.25, -0.2) is 13.1 Å². The molecule has 19 heavy (non-hydrogen) atoms. The Balaban J connectivity index is 2.52. The maximum atomic E-state index is 12.1. The number of pyridine rings is 1. The topological polar surface area (TPSA) is 94.3 Å². The molecule has 0 saturated carbocycles. The van der Waals surface area contributed by atoms with Crippen molar-refractivity contribution in [3.05, 3.63) is 24.0 Å². The Hall–Kier alpha value is -1.02. The molecule has 1 heterocycles. The van der Waals surface area contributed by atoms with Gasteiger partial charge in [-0.15, -0.1) is 0 Å². The number of hydrogen-bond acceptors (Lipinski definition) is 5. The van der Waals surface area contributed by atoms with Gasteiger partial charge in [0.25, 0.3) is 0 Å². The molecule has 0 atom stereocenters. The van der Waals surface area contributed by atoms with E-state index in [2.05, 4.69) is 9.71 Å². The first kappa shape index (κ1) is 16.0. The smallest absolute Gasteiger partial charge is 0.242 e. The third-order valence-electron chi connectivity index (χ3n) is 2.44. The van der Waals surface area contributed by atoms with E-state index in [1.165, 1.54) is 12.3 Å². The van der Waals surface area contributed by atoms with Crippen LogP contribution in [-0.2, 0) is 21.3 Å². The first-order chi connectivity index (χ1) is 9.11. The molecular weight excluding hydrogens is 266 g/mol. The first-order valence-corrected chi connectivity index (χ1v) is 7.81. The van der Waals surface area contributed by atoms with Gasteiger partial charge in [0.15, 0.2) is 0 Å². The summed E-state index contributed by atoms with van der Waals surface area (Å²) in [5.74, 6) is 0. The quantitative estimate of drug-likeness (QED) is 0.650. The molecule has 7 heteroatoms. The van der Waals surface area contributed by atoms with Crippen LogP contribution in [0, 0.1) is 0 Å². The van der Waals surface area contributed by atoms with Crippen LogP contribution < -0.4 is 10.5 Å². The molecule has 0 fully saturated rings. The minimum absolute atomic E-state index is 0.0939. The number of sulfonamides is 1. The van der Waals surface area contributed by atoms with E-state index in [0.717, 1.165) is 6.42 Å². The van der Waals surface area contributed by atoms with Crippen molar-refractivity contribution in [1.82, 2.24) is 9.71 Å². The summed E-state index contributed by atoms with van der Waals surface area (Å²) in [7, 11) is -3.54. The molecule has 0 aliphatic carbocycles. The molecule has 0 aliphatic heterocycles. The van der Waals surface area contributed by atoms with Gasteiger partial charge in [0.2, 0.25) is 10.0 Å². The molecule has 108 valence electrons. The number of nitrogens with two attached hydrogens (primary N) is 1. The van der Waals surface area contributed by atoms with E-state index in [1.807, 2.05) is 6.92 Å². The Kier molecular flexibility index (Phi) is 6.93. The Bertz CT molecular complexity index is 477. The van der Waals surface area contributed by atoms with Crippen LogP contribution in [0.1, 0.15) is 25.5 Å². The van der Waals surface area contributed by atoms with Gasteiger partial charge in [0.05, 0.1) is 5.69 Å². The molecule has 0 radical (unpaired) electrons. The van der Waals surface area contributed by atoms with Crippen LogP contribution in [0.3, 0.4) is 0 Å². The van der Waals surface area contributed by atoms with Gasteiger partial charge in [-0.1, -0.05) is 6.92 Å². The highest BCUT2D eigenvalue weighted by molar-refractivity contribution is 7.89. The standard InChI is InChI=1S/C12H21N3O3S/c1-2-8-18-9-4-7-15-19(16,17)12-5-3-6-14-11(12)10-13/h3,5-6,15H,2,4,7-10,13H2,1H3. The molecule has 0 amide bonds. The largest absolute Gasteiger partial charge is 0.381 e. The molecule has 0 unspecified atom stereocenters. The van der Waals surface area contributed by atoms with Crippen molar-refractivity contribution in [2.45, 2.75) is 31.2 Å². The van der Waals surface area contributed by atoms with Crippen LogP contribution >= 0.6 is 0 Å². The molecule has 0 aromatic carbocycles. The zero-order valence-corrected chi connectivity index (χ0v) is 11.9. The minimum atomic E-state index is -3.54. The highest BCUT2D eigenvalue weighted by Gasteiger charge is 2.17. The molecular formula is C12H21N3O3S. The molecule has 0 saturated heterocycles. The van der Waals surface area contributed by atoms with Crippen molar-refractivity contribution < 1.29 is 13.2 Å². The summed E-state index contributed by atoms with van der Waals surface area (Å²) < 4.78 is 31.9. The van der Waals surface area contributed by atoms with Crippen molar-refractivity contribution in [2.24, 2.45) is 5.73 Å². The number of nitrogens with zero attached hydrogens (tertiary/aromatic N) is 1. The molecule has 6 nitrogen and oxygen atoms in total. The van der Waals surface area contributed by atoms with Crippen molar-refractivity contribution in [3.63, 3.8) is 0 Å². The molecule has 0 aliphatic rings. The van der Waals surface area contributed by atoms with Crippen molar-refractivity contribution >= 4 is 10.0 Å². The van der Waals surface area contributed by atoms with Crippen LogP contribution in [0.4, 0.5) is 0 Å². The van der Waals surface area contributed by atoms with E-state index < -0.39 is 10.0 Å². The van der Waals surface area contributed by atoms with E-state index >= 15 is 0 Å². The van der Waals surface area contributed by atoms with Crippen LogP contribution in [0.25, 0.3) is 0 Å². The van der Waals surface area contributed by atoms with Gasteiger partial charge in [-0.05, 0) is 25.0 Å². The lowest BCUT2D eigenvalue weighted by Gasteiger charge is -2.09. The second-order valence-corrected chi connectivity index (χ2v) is 5.75. The van der Waals surface area contributed by atoms with Gasteiger partial charge < -0.3 is 10.5 Å². The molecule has 1 aromatic rings. The first-order valence-electron chi connectivity index (χ1n) is 6.33. The number of nitrogens with one attached hydrogen (secondary N) is 1. The summed E-state index contributed by atoms with van der Waals surface area (Å²) in [5.41, 5.74) is 5.85. The fraction of sp³-hybridized carbons (Fsp3) is 0.583. The lowest BCUT2D eigenvalue weighted by Crippen LogP contribution is -2.27. The Morgan fingerprint density at radius 3 is 2.89 bits per heavy atom. The summed E-state index contributed by atoms with van der Waals surface area (Å²) in [6, 6.07) is 3.09. The number of rotatable bonds is 9. The number of aromatic nitrogens is 1. The average Bonchev–Trinajstić information content (AvgIpc) is 2.42. The van der Waals surface area contributed by atoms with E-state index in [-0.39, 0.29) is 11.4 Å². The van der Waals surface area contributed by atoms with E-state index in [9.17, 15) is 8.42 Å². The van der Waals surface area contributed by atoms with E-state index in [4.69, 9.17) is 10.5 Å². The monoisotopic (exact) mass is 287 g/mol. The third kappa shape index (κ3) is 5.23. The molecule has 1 aromatic heterocycles. The summed E-state index contributed by atoms with van der Waals surface area (Å²) in [5, 5.41) is 0. The Labute approximate surface area is 114 Å². The van der Waals surface area contributed by atoms with Crippen LogP contribution in [0.2, 0.25) is 0 Å².